The first kappa shape index (κ1) is 16.4. The highest BCUT2D eigenvalue weighted by Gasteiger charge is 2.41. The van der Waals surface area contributed by atoms with Gasteiger partial charge in [0.05, 0.1) is 18.1 Å². The Morgan fingerprint density at radius 2 is 1.89 bits per heavy atom. The van der Waals surface area contributed by atoms with Gasteiger partial charge in [-0.1, -0.05) is 24.3 Å². The molecule has 5 heteroatoms. The van der Waals surface area contributed by atoms with Gasteiger partial charge in [-0.25, -0.2) is 4.98 Å². The molecule has 1 aromatic heterocycles. The van der Waals surface area contributed by atoms with Crippen LogP contribution in [-0.2, 0) is 11.3 Å². The molecule has 2 fully saturated rings. The maximum Gasteiger partial charge on any atom is 0.223 e. The third-order valence-electron chi connectivity index (χ3n) is 5.70. The number of para-hydroxylation sites is 2. The molecule has 1 aliphatic carbocycles. The highest BCUT2D eigenvalue weighted by Crippen LogP contribution is 2.37. The highest BCUT2D eigenvalue weighted by molar-refractivity contribution is 5.81. The Balaban J connectivity index is 1.51. The van der Waals surface area contributed by atoms with Crippen LogP contribution in [0.5, 0.6) is 5.75 Å². The molecule has 1 saturated heterocycles. The Morgan fingerprint density at radius 3 is 2.63 bits per heavy atom. The molecule has 1 saturated carbocycles. The predicted molar refractivity (Wildman–Crippen MR) is 104 cm³/mol. The molecular formula is C22H23N3O2. The van der Waals surface area contributed by atoms with E-state index in [4.69, 9.17) is 9.72 Å². The number of hydrogen-bond acceptors (Lipinski definition) is 3. The Kier molecular flexibility index (Phi) is 3.88. The number of imidazole rings is 1. The van der Waals surface area contributed by atoms with Crippen molar-refractivity contribution in [2.75, 3.05) is 13.7 Å². The number of likely N-dealkylation sites (tertiary alicyclic amines) is 1. The highest BCUT2D eigenvalue weighted by atomic mass is 16.5. The van der Waals surface area contributed by atoms with E-state index in [1.54, 1.807) is 7.11 Å². The first-order chi connectivity index (χ1) is 13.2. The number of benzene rings is 2. The lowest BCUT2D eigenvalue weighted by Gasteiger charge is -2.16. The molecule has 0 spiro atoms. The van der Waals surface area contributed by atoms with E-state index in [1.807, 2.05) is 18.2 Å². The number of ether oxygens (including phenoxy) is 1. The number of carbonyl (C=O) groups excluding carboxylic acids is 1. The number of rotatable bonds is 5. The third kappa shape index (κ3) is 2.97. The Morgan fingerprint density at radius 1 is 1.11 bits per heavy atom. The first-order valence-electron chi connectivity index (χ1n) is 9.60. The molecule has 2 aliphatic rings. The van der Waals surface area contributed by atoms with Crippen molar-refractivity contribution >= 4 is 16.9 Å². The smallest absolute Gasteiger partial charge is 0.223 e. The molecule has 1 aliphatic heterocycles. The zero-order valence-corrected chi connectivity index (χ0v) is 15.5. The molecule has 1 unspecified atom stereocenters. The summed E-state index contributed by atoms with van der Waals surface area (Å²) < 4.78 is 7.55. The zero-order chi connectivity index (χ0) is 18.4. The van der Waals surface area contributed by atoms with Crippen LogP contribution in [0.3, 0.4) is 0 Å². The Bertz CT molecular complexity index is 988. The largest absolute Gasteiger partial charge is 0.497 e. The monoisotopic (exact) mass is 361 g/mol. The molecule has 2 heterocycles. The fraction of sp³-hybridized carbons (Fsp3) is 0.364. The van der Waals surface area contributed by atoms with Gasteiger partial charge in [-0.05, 0) is 42.7 Å². The molecule has 5 nitrogen and oxygen atoms in total. The van der Waals surface area contributed by atoms with E-state index in [2.05, 4.69) is 39.8 Å². The van der Waals surface area contributed by atoms with Crippen LogP contribution in [-0.4, -0.2) is 40.1 Å². The average Bonchev–Trinajstić information content (AvgIpc) is 3.38. The molecule has 138 valence electrons. The summed E-state index contributed by atoms with van der Waals surface area (Å²) in [6.45, 7) is 1.55. The number of carbonyl (C=O) groups is 1. The molecule has 5 rings (SSSR count). The van der Waals surface area contributed by atoms with Gasteiger partial charge in [0.2, 0.25) is 5.91 Å². The fourth-order valence-electron chi connectivity index (χ4n) is 4.13. The van der Waals surface area contributed by atoms with E-state index >= 15 is 0 Å². The Hall–Kier alpha value is -2.82. The van der Waals surface area contributed by atoms with Gasteiger partial charge in [0.25, 0.3) is 0 Å². The van der Waals surface area contributed by atoms with Crippen molar-refractivity contribution in [1.82, 2.24) is 14.5 Å². The van der Waals surface area contributed by atoms with Crippen LogP contribution in [0, 0.1) is 0 Å². The van der Waals surface area contributed by atoms with Crippen molar-refractivity contribution in [3.05, 3.63) is 59.9 Å². The van der Waals surface area contributed by atoms with Crippen molar-refractivity contribution < 1.29 is 9.53 Å². The van der Waals surface area contributed by atoms with E-state index in [1.165, 1.54) is 5.56 Å². The van der Waals surface area contributed by atoms with Crippen LogP contribution in [0.15, 0.2) is 48.5 Å². The van der Waals surface area contributed by atoms with Crippen LogP contribution in [0.25, 0.3) is 11.0 Å². The SMILES string of the molecule is COc1ccc(Cn2c(C3CC(=O)N(C4CC4)C3)nc3ccccc32)cc1. The molecule has 0 bridgehead atoms. The number of fused-ring (bicyclic) bond motifs is 1. The minimum Gasteiger partial charge on any atom is -0.497 e. The van der Waals surface area contributed by atoms with E-state index in [-0.39, 0.29) is 11.8 Å². The second kappa shape index (κ2) is 6.41. The first-order valence-corrected chi connectivity index (χ1v) is 9.60. The average molecular weight is 361 g/mol. The van der Waals surface area contributed by atoms with Crippen molar-refractivity contribution in [3.8, 4) is 5.75 Å². The normalized spacial score (nSPS) is 19.8. The number of aromatic nitrogens is 2. The standard InChI is InChI=1S/C22H23N3O2/c1-27-18-10-6-15(7-11-18)13-25-20-5-3-2-4-19(20)23-22(25)16-12-21(26)24(14-16)17-8-9-17/h2-7,10-11,16-17H,8-9,12-14H2,1H3. The van der Waals surface area contributed by atoms with Crippen molar-refractivity contribution in [3.63, 3.8) is 0 Å². The molecule has 2 aromatic carbocycles. The van der Waals surface area contributed by atoms with E-state index in [9.17, 15) is 4.79 Å². The number of amides is 1. The topological polar surface area (TPSA) is 47.4 Å². The summed E-state index contributed by atoms with van der Waals surface area (Å²) >= 11 is 0. The summed E-state index contributed by atoms with van der Waals surface area (Å²) in [4.78, 5) is 19.5. The predicted octanol–water partition coefficient (Wildman–Crippen LogP) is 3.57. The summed E-state index contributed by atoms with van der Waals surface area (Å²) in [6, 6.07) is 16.9. The maximum absolute atomic E-state index is 12.5. The van der Waals surface area contributed by atoms with Gasteiger partial charge in [-0.3, -0.25) is 4.79 Å². The van der Waals surface area contributed by atoms with E-state index in [0.29, 0.717) is 12.5 Å². The summed E-state index contributed by atoms with van der Waals surface area (Å²) in [7, 11) is 1.68. The van der Waals surface area contributed by atoms with Crippen LogP contribution >= 0.6 is 0 Å². The second-order valence-electron chi connectivity index (χ2n) is 7.57. The molecule has 0 radical (unpaired) electrons. The lowest BCUT2D eigenvalue weighted by atomic mass is 10.1. The lowest BCUT2D eigenvalue weighted by molar-refractivity contribution is -0.128. The molecule has 27 heavy (non-hydrogen) atoms. The molecule has 1 atom stereocenters. The quantitative estimate of drug-likeness (QED) is 0.698. The second-order valence-corrected chi connectivity index (χ2v) is 7.57. The van der Waals surface area contributed by atoms with Gasteiger partial charge >= 0.3 is 0 Å². The van der Waals surface area contributed by atoms with Crippen molar-refractivity contribution in [1.29, 1.82) is 0 Å². The fourth-order valence-corrected chi connectivity index (χ4v) is 4.13. The summed E-state index contributed by atoms with van der Waals surface area (Å²) in [5, 5.41) is 0. The Labute approximate surface area is 158 Å². The van der Waals surface area contributed by atoms with Gasteiger partial charge in [0.1, 0.15) is 11.6 Å². The molecule has 3 aromatic rings. The van der Waals surface area contributed by atoms with E-state index in [0.717, 1.165) is 48.5 Å². The van der Waals surface area contributed by atoms with E-state index < -0.39 is 0 Å². The summed E-state index contributed by atoms with van der Waals surface area (Å²) in [5.74, 6) is 2.34. The van der Waals surface area contributed by atoms with Crippen LogP contribution in [0.1, 0.15) is 36.6 Å². The zero-order valence-electron chi connectivity index (χ0n) is 15.5. The van der Waals surface area contributed by atoms with Gasteiger partial charge in [-0.2, -0.15) is 0 Å². The number of hydrogen-bond donors (Lipinski definition) is 0. The van der Waals surface area contributed by atoms with Crippen LogP contribution in [0.2, 0.25) is 0 Å². The molecular weight excluding hydrogens is 338 g/mol. The van der Waals surface area contributed by atoms with Gasteiger partial charge in [0.15, 0.2) is 0 Å². The summed E-state index contributed by atoms with van der Waals surface area (Å²) in [5.41, 5.74) is 3.32. The van der Waals surface area contributed by atoms with Gasteiger partial charge < -0.3 is 14.2 Å². The number of nitrogens with zero attached hydrogens (tertiary/aromatic N) is 3. The minimum atomic E-state index is 0.170. The molecule has 0 N–H and O–H groups in total. The lowest BCUT2D eigenvalue weighted by Crippen LogP contribution is -2.27. The van der Waals surface area contributed by atoms with Crippen molar-refractivity contribution in [2.24, 2.45) is 0 Å². The summed E-state index contributed by atoms with van der Waals surface area (Å²) in [6.07, 6.45) is 2.88. The van der Waals surface area contributed by atoms with Crippen LogP contribution < -0.4 is 4.74 Å². The van der Waals surface area contributed by atoms with Crippen molar-refractivity contribution in [2.45, 2.75) is 37.8 Å². The van der Waals surface area contributed by atoms with Crippen LogP contribution in [0.4, 0.5) is 0 Å². The minimum absolute atomic E-state index is 0.170. The number of methoxy groups -OCH3 is 1. The van der Waals surface area contributed by atoms with Gasteiger partial charge in [0, 0.05) is 31.5 Å². The molecule has 1 amide bonds. The maximum atomic E-state index is 12.5. The van der Waals surface area contributed by atoms with Gasteiger partial charge in [-0.15, -0.1) is 0 Å². The third-order valence-corrected chi connectivity index (χ3v) is 5.70.